The Morgan fingerprint density at radius 3 is 2.43 bits per heavy atom. The summed E-state index contributed by atoms with van der Waals surface area (Å²) in [5.41, 5.74) is 0. The topological polar surface area (TPSA) is 15.3 Å². The second kappa shape index (κ2) is 4.19. The highest BCUT2D eigenvalue weighted by Crippen LogP contribution is 2.28. The summed E-state index contributed by atoms with van der Waals surface area (Å²) in [5, 5.41) is 3.82. The SMILES string of the molecule is CCN1CC(C)C(NC2CC(C)C2)C1. The van der Waals surface area contributed by atoms with Gasteiger partial charge in [-0.25, -0.2) is 0 Å². The predicted molar refractivity (Wildman–Crippen MR) is 60.4 cm³/mol. The summed E-state index contributed by atoms with van der Waals surface area (Å²) in [6, 6.07) is 1.58. The van der Waals surface area contributed by atoms with E-state index in [1.165, 1.54) is 32.5 Å². The van der Waals surface area contributed by atoms with Crippen molar-refractivity contribution in [3.63, 3.8) is 0 Å². The fraction of sp³-hybridized carbons (Fsp3) is 1.00. The second-order valence-electron chi connectivity index (χ2n) is 5.38. The van der Waals surface area contributed by atoms with Crippen LogP contribution in [0.3, 0.4) is 0 Å². The summed E-state index contributed by atoms with van der Waals surface area (Å²) >= 11 is 0. The van der Waals surface area contributed by atoms with Gasteiger partial charge in [0.25, 0.3) is 0 Å². The molecule has 0 aromatic carbocycles. The lowest BCUT2D eigenvalue weighted by Crippen LogP contribution is -2.48. The van der Waals surface area contributed by atoms with E-state index in [0.717, 1.165) is 23.9 Å². The van der Waals surface area contributed by atoms with Crippen LogP contribution in [0.2, 0.25) is 0 Å². The van der Waals surface area contributed by atoms with Gasteiger partial charge in [0.2, 0.25) is 0 Å². The standard InChI is InChI=1S/C12H24N2/c1-4-14-7-10(3)12(8-14)13-11-5-9(2)6-11/h9-13H,4-8H2,1-3H3. The van der Waals surface area contributed by atoms with Crippen LogP contribution < -0.4 is 5.32 Å². The first kappa shape index (κ1) is 10.4. The van der Waals surface area contributed by atoms with Gasteiger partial charge >= 0.3 is 0 Å². The van der Waals surface area contributed by atoms with Crippen LogP contribution in [0.1, 0.15) is 33.6 Å². The van der Waals surface area contributed by atoms with Crippen molar-refractivity contribution in [3.05, 3.63) is 0 Å². The molecule has 1 heterocycles. The molecule has 2 nitrogen and oxygen atoms in total. The molecule has 1 saturated carbocycles. The van der Waals surface area contributed by atoms with Crippen molar-refractivity contribution in [3.8, 4) is 0 Å². The van der Waals surface area contributed by atoms with Gasteiger partial charge in [-0.05, 0) is 31.2 Å². The van der Waals surface area contributed by atoms with Gasteiger partial charge in [0, 0.05) is 25.2 Å². The van der Waals surface area contributed by atoms with Crippen LogP contribution >= 0.6 is 0 Å². The molecule has 0 aromatic rings. The van der Waals surface area contributed by atoms with Crippen molar-refractivity contribution < 1.29 is 0 Å². The minimum absolute atomic E-state index is 0.757. The molecule has 2 aliphatic rings. The van der Waals surface area contributed by atoms with Gasteiger partial charge in [-0.1, -0.05) is 20.8 Å². The molecule has 2 rings (SSSR count). The zero-order chi connectivity index (χ0) is 10.1. The van der Waals surface area contributed by atoms with E-state index in [4.69, 9.17) is 0 Å². The molecule has 0 amide bonds. The molecule has 0 spiro atoms. The van der Waals surface area contributed by atoms with E-state index in [9.17, 15) is 0 Å². The van der Waals surface area contributed by atoms with E-state index in [1.807, 2.05) is 0 Å². The summed E-state index contributed by atoms with van der Waals surface area (Å²) in [4.78, 5) is 2.56. The average Bonchev–Trinajstić information content (AvgIpc) is 2.45. The van der Waals surface area contributed by atoms with E-state index >= 15 is 0 Å². The normalized spacial score (nSPS) is 43.9. The van der Waals surface area contributed by atoms with E-state index in [2.05, 4.69) is 31.0 Å². The highest BCUT2D eigenvalue weighted by atomic mass is 15.2. The maximum atomic E-state index is 3.82. The van der Waals surface area contributed by atoms with Gasteiger partial charge in [-0.2, -0.15) is 0 Å². The first-order valence-corrected chi connectivity index (χ1v) is 6.17. The molecule has 2 heteroatoms. The molecule has 82 valence electrons. The number of hydrogen-bond donors (Lipinski definition) is 1. The lowest BCUT2D eigenvalue weighted by molar-refractivity contribution is 0.212. The maximum absolute atomic E-state index is 3.82. The Bertz CT molecular complexity index is 187. The Morgan fingerprint density at radius 2 is 1.93 bits per heavy atom. The van der Waals surface area contributed by atoms with Gasteiger partial charge in [0.05, 0.1) is 0 Å². The van der Waals surface area contributed by atoms with E-state index in [-0.39, 0.29) is 0 Å². The lowest BCUT2D eigenvalue weighted by Gasteiger charge is -2.36. The zero-order valence-electron chi connectivity index (χ0n) is 9.79. The van der Waals surface area contributed by atoms with Crippen molar-refractivity contribution >= 4 is 0 Å². The lowest BCUT2D eigenvalue weighted by atomic mass is 9.81. The highest BCUT2D eigenvalue weighted by Gasteiger charge is 2.33. The van der Waals surface area contributed by atoms with Crippen LogP contribution in [0.15, 0.2) is 0 Å². The Labute approximate surface area is 88.1 Å². The quantitative estimate of drug-likeness (QED) is 0.739. The number of rotatable bonds is 3. The summed E-state index contributed by atoms with van der Waals surface area (Å²) in [6.07, 6.45) is 2.80. The van der Waals surface area contributed by atoms with Crippen LogP contribution in [-0.2, 0) is 0 Å². The first-order valence-electron chi connectivity index (χ1n) is 6.17. The first-order chi connectivity index (χ1) is 6.69. The fourth-order valence-electron chi connectivity index (χ4n) is 2.88. The molecular weight excluding hydrogens is 172 g/mol. The molecule has 0 bridgehead atoms. The minimum atomic E-state index is 0.757. The van der Waals surface area contributed by atoms with Gasteiger partial charge in [0.1, 0.15) is 0 Å². The largest absolute Gasteiger partial charge is 0.310 e. The number of nitrogens with zero attached hydrogens (tertiary/aromatic N) is 1. The molecular formula is C12H24N2. The van der Waals surface area contributed by atoms with Crippen LogP contribution in [-0.4, -0.2) is 36.6 Å². The molecule has 1 aliphatic heterocycles. The highest BCUT2D eigenvalue weighted by molar-refractivity contribution is 4.92. The number of likely N-dealkylation sites (N-methyl/N-ethyl adjacent to an activating group) is 1. The third kappa shape index (κ3) is 2.12. The van der Waals surface area contributed by atoms with Crippen LogP contribution in [0.4, 0.5) is 0 Å². The molecule has 2 unspecified atom stereocenters. The summed E-state index contributed by atoms with van der Waals surface area (Å²) in [7, 11) is 0. The number of likely N-dealkylation sites (tertiary alicyclic amines) is 1. The molecule has 2 fully saturated rings. The number of nitrogens with one attached hydrogen (secondary N) is 1. The van der Waals surface area contributed by atoms with Gasteiger partial charge in [0.15, 0.2) is 0 Å². The number of hydrogen-bond acceptors (Lipinski definition) is 2. The van der Waals surface area contributed by atoms with Crippen molar-refractivity contribution in [2.24, 2.45) is 11.8 Å². The average molecular weight is 196 g/mol. The summed E-state index contributed by atoms with van der Waals surface area (Å²) < 4.78 is 0. The smallest absolute Gasteiger partial charge is 0.0235 e. The molecule has 2 atom stereocenters. The third-order valence-corrected chi connectivity index (χ3v) is 3.96. The Balaban J connectivity index is 1.75. The summed E-state index contributed by atoms with van der Waals surface area (Å²) in [6.45, 7) is 10.8. The van der Waals surface area contributed by atoms with E-state index < -0.39 is 0 Å². The fourth-order valence-corrected chi connectivity index (χ4v) is 2.88. The molecule has 1 N–H and O–H groups in total. The maximum Gasteiger partial charge on any atom is 0.0235 e. The van der Waals surface area contributed by atoms with E-state index in [1.54, 1.807) is 0 Å². The van der Waals surface area contributed by atoms with Gasteiger partial charge in [-0.15, -0.1) is 0 Å². The van der Waals surface area contributed by atoms with Crippen LogP contribution in [0.25, 0.3) is 0 Å². The van der Waals surface area contributed by atoms with Crippen molar-refractivity contribution in [2.45, 2.75) is 45.7 Å². The summed E-state index contributed by atoms with van der Waals surface area (Å²) in [5.74, 6) is 1.80. The predicted octanol–water partition coefficient (Wildman–Crippen LogP) is 1.71. The molecule has 0 radical (unpaired) electrons. The Kier molecular flexibility index (Phi) is 3.13. The van der Waals surface area contributed by atoms with Crippen molar-refractivity contribution in [1.82, 2.24) is 10.2 Å². The van der Waals surface area contributed by atoms with Crippen molar-refractivity contribution in [1.29, 1.82) is 0 Å². The van der Waals surface area contributed by atoms with E-state index in [0.29, 0.717) is 0 Å². The van der Waals surface area contributed by atoms with Crippen molar-refractivity contribution in [2.75, 3.05) is 19.6 Å². The Hall–Kier alpha value is -0.0800. The van der Waals surface area contributed by atoms with Crippen LogP contribution in [0, 0.1) is 11.8 Å². The minimum Gasteiger partial charge on any atom is -0.310 e. The molecule has 1 saturated heterocycles. The molecule has 14 heavy (non-hydrogen) atoms. The molecule has 1 aliphatic carbocycles. The molecule has 0 aromatic heterocycles. The third-order valence-electron chi connectivity index (χ3n) is 3.96. The van der Waals surface area contributed by atoms with Crippen LogP contribution in [0.5, 0.6) is 0 Å². The van der Waals surface area contributed by atoms with Gasteiger partial charge < -0.3 is 10.2 Å². The second-order valence-corrected chi connectivity index (χ2v) is 5.38. The zero-order valence-corrected chi connectivity index (χ0v) is 9.79. The van der Waals surface area contributed by atoms with Gasteiger partial charge in [-0.3, -0.25) is 0 Å². The monoisotopic (exact) mass is 196 g/mol. The Morgan fingerprint density at radius 1 is 1.21 bits per heavy atom.